The van der Waals surface area contributed by atoms with Crippen LogP contribution in [-0.2, 0) is 11.3 Å². The summed E-state index contributed by atoms with van der Waals surface area (Å²) < 4.78 is 24.8. The molecular formula is C18H23FN4O2. The zero-order valence-corrected chi connectivity index (χ0v) is 14.4. The normalized spacial score (nSPS) is 27.0. The van der Waals surface area contributed by atoms with E-state index in [1.165, 1.54) is 12.4 Å². The number of anilines is 1. The molecule has 0 amide bonds. The molecule has 2 aliphatic heterocycles. The highest BCUT2D eigenvalue weighted by molar-refractivity contribution is 5.26. The Morgan fingerprint density at radius 1 is 1.36 bits per heavy atom. The SMILES string of the molecule is Cc1ccc(CN2CCC[C@@]3(C[C@H](Nc4ncc(F)cn4)CO3)C2)o1. The standard InChI is InChI=1S/C18H23FN4O2/c1-13-3-4-16(25-13)10-23-6-2-5-18(12-23)7-15(11-24-18)22-17-20-8-14(19)9-21-17/h3-4,8-9,15H,2,5-7,10-12H2,1H3,(H,20,21,22)/t15-,18+/m0/s1. The van der Waals surface area contributed by atoms with Crippen molar-refractivity contribution in [2.45, 2.75) is 44.4 Å². The highest BCUT2D eigenvalue weighted by atomic mass is 19.1. The van der Waals surface area contributed by atoms with Crippen molar-refractivity contribution in [3.05, 3.63) is 41.9 Å². The molecule has 134 valence electrons. The second-order valence-electron chi connectivity index (χ2n) is 7.09. The maximum atomic E-state index is 12.9. The summed E-state index contributed by atoms with van der Waals surface area (Å²) >= 11 is 0. The van der Waals surface area contributed by atoms with Crippen molar-refractivity contribution in [3.8, 4) is 0 Å². The molecule has 2 aromatic heterocycles. The molecule has 4 rings (SSSR count). The lowest BCUT2D eigenvalue weighted by molar-refractivity contribution is -0.0544. The smallest absolute Gasteiger partial charge is 0.223 e. The van der Waals surface area contributed by atoms with E-state index in [4.69, 9.17) is 9.15 Å². The van der Waals surface area contributed by atoms with E-state index in [1.807, 2.05) is 19.1 Å². The Morgan fingerprint density at radius 3 is 2.96 bits per heavy atom. The predicted molar refractivity (Wildman–Crippen MR) is 90.7 cm³/mol. The summed E-state index contributed by atoms with van der Waals surface area (Å²) in [5.74, 6) is 1.97. The highest BCUT2D eigenvalue weighted by Crippen LogP contribution is 2.36. The van der Waals surface area contributed by atoms with Gasteiger partial charge >= 0.3 is 0 Å². The van der Waals surface area contributed by atoms with Crippen LogP contribution in [0.3, 0.4) is 0 Å². The molecule has 0 bridgehead atoms. The Balaban J connectivity index is 1.36. The van der Waals surface area contributed by atoms with Crippen LogP contribution in [-0.4, -0.2) is 46.2 Å². The second-order valence-corrected chi connectivity index (χ2v) is 7.09. The maximum absolute atomic E-state index is 12.9. The van der Waals surface area contributed by atoms with Crippen molar-refractivity contribution in [1.29, 1.82) is 0 Å². The van der Waals surface area contributed by atoms with Gasteiger partial charge in [0.1, 0.15) is 11.5 Å². The number of furan rings is 1. The molecule has 2 atom stereocenters. The number of ether oxygens (including phenoxy) is 1. The van der Waals surface area contributed by atoms with Crippen molar-refractivity contribution in [2.24, 2.45) is 0 Å². The summed E-state index contributed by atoms with van der Waals surface area (Å²) in [4.78, 5) is 10.3. The van der Waals surface area contributed by atoms with Crippen LogP contribution in [0.15, 0.2) is 28.9 Å². The Hall–Kier alpha value is -1.99. The minimum absolute atomic E-state index is 0.127. The molecule has 4 heterocycles. The summed E-state index contributed by atoms with van der Waals surface area (Å²) in [6.07, 6.45) is 5.42. The lowest BCUT2D eigenvalue weighted by Gasteiger charge is -2.39. The van der Waals surface area contributed by atoms with Crippen LogP contribution in [0.1, 0.15) is 30.8 Å². The largest absolute Gasteiger partial charge is 0.465 e. The van der Waals surface area contributed by atoms with Gasteiger partial charge in [-0.2, -0.15) is 0 Å². The Bertz CT molecular complexity index is 720. The summed E-state index contributed by atoms with van der Waals surface area (Å²) in [5.41, 5.74) is -0.127. The molecule has 0 unspecified atom stereocenters. The first-order valence-electron chi connectivity index (χ1n) is 8.76. The molecule has 7 heteroatoms. The van der Waals surface area contributed by atoms with E-state index < -0.39 is 5.82 Å². The highest BCUT2D eigenvalue weighted by Gasteiger charge is 2.43. The van der Waals surface area contributed by atoms with Gasteiger partial charge in [0.05, 0.1) is 37.2 Å². The average molecular weight is 346 g/mol. The van der Waals surface area contributed by atoms with Crippen LogP contribution >= 0.6 is 0 Å². The van der Waals surface area contributed by atoms with Crippen LogP contribution in [0.5, 0.6) is 0 Å². The van der Waals surface area contributed by atoms with Crippen molar-refractivity contribution >= 4 is 5.95 Å². The maximum Gasteiger partial charge on any atom is 0.223 e. The van der Waals surface area contributed by atoms with Gasteiger partial charge < -0.3 is 14.5 Å². The number of hydrogen-bond donors (Lipinski definition) is 1. The summed E-state index contributed by atoms with van der Waals surface area (Å²) in [6.45, 7) is 5.36. The van der Waals surface area contributed by atoms with Crippen molar-refractivity contribution in [3.63, 3.8) is 0 Å². The molecule has 1 N–H and O–H groups in total. The third-order valence-corrected chi connectivity index (χ3v) is 4.96. The van der Waals surface area contributed by atoms with Gasteiger partial charge in [-0.15, -0.1) is 0 Å². The molecular weight excluding hydrogens is 323 g/mol. The van der Waals surface area contributed by atoms with E-state index in [1.54, 1.807) is 0 Å². The first-order chi connectivity index (χ1) is 12.1. The van der Waals surface area contributed by atoms with Crippen molar-refractivity contribution < 1.29 is 13.5 Å². The molecule has 2 aliphatic rings. The topological polar surface area (TPSA) is 63.4 Å². The van der Waals surface area contributed by atoms with E-state index in [-0.39, 0.29) is 11.6 Å². The zero-order valence-electron chi connectivity index (χ0n) is 14.4. The molecule has 0 aliphatic carbocycles. The van der Waals surface area contributed by atoms with Gasteiger partial charge in [0.25, 0.3) is 0 Å². The van der Waals surface area contributed by atoms with E-state index in [2.05, 4.69) is 20.2 Å². The van der Waals surface area contributed by atoms with Gasteiger partial charge in [0.2, 0.25) is 5.95 Å². The predicted octanol–water partition coefficient (Wildman–Crippen LogP) is 2.75. The van der Waals surface area contributed by atoms with Crippen molar-refractivity contribution in [1.82, 2.24) is 14.9 Å². The summed E-state index contributed by atoms with van der Waals surface area (Å²) in [6, 6.07) is 4.20. The Kier molecular flexibility index (Phi) is 4.43. The fourth-order valence-corrected chi connectivity index (χ4v) is 3.91. The molecule has 0 saturated carbocycles. The second kappa shape index (κ2) is 6.72. The van der Waals surface area contributed by atoms with Crippen LogP contribution in [0.4, 0.5) is 10.3 Å². The molecule has 2 fully saturated rings. The van der Waals surface area contributed by atoms with Crippen LogP contribution < -0.4 is 5.32 Å². The third-order valence-electron chi connectivity index (χ3n) is 4.96. The first kappa shape index (κ1) is 16.5. The van der Waals surface area contributed by atoms with Gasteiger partial charge in [-0.3, -0.25) is 4.90 Å². The monoisotopic (exact) mass is 346 g/mol. The van der Waals surface area contributed by atoms with Gasteiger partial charge in [-0.1, -0.05) is 0 Å². The molecule has 0 radical (unpaired) electrons. The fourth-order valence-electron chi connectivity index (χ4n) is 3.91. The van der Waals surface area contributed by atoms with Crippen LogP contribution in [0.25, 0.3) is 0 Å². The number of hydrogen-bond acceptors (Lipinski definition) is 6. The van der Waals surface area contributed by atoms with Crippen LogP contribution in [0, 0.1) is 12.7 Å². The lowest BCUT2D eigenvalue weighted by atomic mass is 9.88. The summed E-state index contributed by atoms with van der Waals surface area (Å²) in [7, 11) is 0. The zero-order chi connectivity index (χ0) is 17.3. The minimum Gasteiger partial charge on any atom is -0.465 e. The molecule has 2 saturated heterocycles. The molecule has 1 spiro atoms. The lowest BCUT2D eigenvalue weighted by Crippen LogP contribution is -2.47. The Morgan fingerprint density at radius 2 is 2.20 bits per heavy atom. The van der Waals surface area contributed by atoms with Gasteiger partial charge in [0, 0.05) is 13.0 Å². The summed E-state index contributed by atoms with van der Waals surface area (Å²) in [5, 5.41) is 3.26. The molecule has 2 aromatic rings. The molecule has 25 heavy (non-hydrogen) atoms. The van der Waals surface area contributed by atoms with E-state index in [9.17, 15) is 4.39 Å². The van der Waals surface area contributed by atoms with Crippen molar-refractivity contribution in [2.75, 3.05) is 25.0 Å². The molecule has 0 aromatic carbocycles. The van der Waals surface area contributed by atoms with Crippen LogP contribution in [0.2, 0.25) is 0 Å². The number of nitrogens with zero attached hydrogens (tertiary/aromatic N) is 3. The van der Waals surface area contributed by atoms with E-state index in [0.717, 1.165) is 50.4 Å². The number of halogens is 1. The number of nitrogens with one attached hydrogen (secondary N) is 1. The van der Waals surface area contributed by atoms with E-state index in [0.29, 0.717) is 12.6 Å². The molecule has 6 nitrogen and oxygen atoms in total. The third kappa shape index (κ3) is 3.82. The van der Waals surface area contributed by atoms with Gasteiger partial charge in [-0.25, -0.2) is 14.4 Å². The number of aryl methyl sites for hydroxylation is 1. The fraction of sp³-hybridized carbons (Fsp3) is 0.556. The van der Waals surface area contributed by atoms with Gasteiger partial charge in [0.15, 0.2) is 5.82 Å². The van der Waals surface area contributed by atoms with E-state index >= 15 is 0 Å². The number of likely N-dealkylation sites (tertiary alicyclic amines) is 1. The number of piperidine rings is 1. The number of aromatic nitrogens is 2. The number of rotatable bonds is 4. The average Bonchev–Trinajstić information content (AvgIpc) is 3.16. The first-order valence-corrected chi connectivity index (χ1v) is 8.76. The Labute approximate surface area is 146 Å². The quantitative estimate of drug-likeness (QED) is 0.918. The minimum atomic E-state index is -0.430. The van der Waals surface area contributed by atoms with Gasteiger partial charge in [-0.05, 0) is 38.4 Å².